The lowest BCUT2D eigenvalue weighted by Crippen LogP contribution is -2.59. The Morgan fingerprint density at radius 3 is 2.52 bits per heavy atom. The van der Waals surface area contributed by atoms with Gasteiger partial charge in [0.2, 0.25) is 0 Å². The van der Waals surface area contributed by atoms with Crippen molar-refractivity contribution in [1.82, 2.24) is 19.8 Å². The van der Waals surface area contributed by atoms with Crippen LogP contribution in [0.15, 0.2) is 73.3 Å². The number of hydrogen-bond acceptors (Lipinski definition) is 6. The summed E-state index contributed by atoms with van der Waals surface area (Å²) in [5.74, 6) is 0.791. The number of pyridine rings is 2. The van der Waals surface area contributed by atoms with Crippen molar-refractivity contribution < 1.29 is 14.3 Å². The molecule has 2 aromatic heterocycles. The highest BCUT2D eigenvalue weighted by Gasteiger charge is 2.56. The third-order valence-electron chi connectivity index (χ3n) is 6.58. The molecule has 0 saturated carbocycles. The summed E-state index contributed by atoms with van der Waals surface area (Å²) in [5.41, 5.74) is 2.31. The molecule has 2 aliphatic heterocycles. The van der Waals surface area contributed by atoms with Crippen molar-refractivity contribution in [2.24, 2.45) is 0 Å². The Labute approximate surface area is 194 Å². The summed E-state index contributed by atoms with van der Waals surface area (Å²) in [4.78, 5) is 26.7. The lowest BCUT2D eigenvalue weighted by atomic mass is 9.83. The minimum absolute atomic E-state index is 0.0451. The summed E-state index contributed by atoms with van der Waals surface area (Å²) in [6, 6.07) is 16.0. The van der Waals surface area contributed by atoms with Gasteiger partial charge in [-0.25, -0.2) is 0 Å². The minimum atomic E-state index is -0.921. The van der Waals surface area contributed by atoms with Gasteiger partial charge in [0.05, 0.1) is 13.7 Å². The molecular formula is C26H28N4O3. The van der Waals surface area contributed by atoms with Crippen molar-refractivity contribution in [3.8, 4) is 5.75 Å². The first-order valence-electron chi connectivity index (χ1n) is 11.3. The molecule has 0 N–H and O–H groups in total. The molecule has 4 heterocycles. The second kappa shape index (κ2) is 9.29. The van der Waals surface area contributed by atoms with E-state index < -0.39 is 5.60 Å². The Hall–Kier alpha value is -3.29. The molecule has 1 aromatic carbocycles. The van der Waals surface area contributed by atoms with Crippen molar-refractivity contribution in [2.75, 3.05) is 33.4 Å². The van der Waals surface area contributed by atoms with E-state index in [9.17, 15) is 4.79 Å². The number of morpholine rings is 1. The number of benzene rings is 1. The summed E-state index contributed by atoms with van der Waals surface area (Å²) in [7, 11) is 1.67. The van der Waals surface area contributed by atoms with Crippen molar-refractivity contribution in [3.05, 3.63) is 90.0 Å². The number of likely N-dealkylation sites (tertiary alicyclic amines) is 1. The molecule has 7 heteroatoms. The largest absolute Gasteiger partial charge is 0.497 e. The van der Waals surface area contributed by atoms with Crippen LogP contribution in [0.2, 0.25) is 0 Å². The zero-order valence-corrected chi connectivity index (χ0v) is 18.8. The van der Waals surface area contributed by atoms with Gasteiger partial charge < -0.3 is 14.4 Å². The van der Waals surface area contributed by atoms with Crippen LogP contribution in [0.3, 0.4) is 0 Å². The van der Waals surface area contributed by atoms with E-state index in [1.165, 1.54) is 5.56 Å². The van der Waals surface area contributed by atoms with Gasteiger partial charge in [-0.3, -0.25) is 19.7 Å². The van der Waals surface area contributed by atoms with Crippen LogP contribution in [0.25, 0.3) is 0 Å². The van der Waals surface area contributed by atoms with Gasteiger partial charge in [0.1, 0.15) is 5.75 Å². The van der Waals surface area contributed by atoms with Crippen LogP contribution in [0.5, 0.6) is 5.75 Å². The SMILES string of the molecule is COc1ccc(CN2C[C@@H](c3cccnc3)[C@]3(C2)OCCN(Cc2cccnc2)C3=O)cc1. The van der Waals surface area contributed by atoms with Gasteiger partial charge in [-0.1, -0.05) is 24.3 Å². The highest BCUT2D eigenvalue weighted by Crippen LogP contribution is 2.42. The van der Waals surface area contributed by atoms with Gasteiger partial charge in [-0.05, 0) is 41.0 Å². The van der Waals surface area contributed by atoms with Gasteiger partial charge in [-0.2, -0.15) is 0 Å². The number of aromatic nitrogens is 2. The highest BCUT2D eigenvalue weighted by atomic mass is 16.5. The number of rotatable bonds is 6. The number of methoxy groups -OCH3 is 1. The molecule has 5 rings (SSSR count). The van der Waals surface area contributed by atoms with Gasteiger partial charge in [0.25, 0.3) is 5.91 Å². The van der Waals surface area contributed by atoms with Gasteiger partial charge in [-0.15, -0.1) is 0 Å². The number of amides is 1. The van der Waals surface area contributed by atoms with E-state index in [1.807, 2.05) is 53.7 Å². The van der Waals surface area contributed by atoms with Crippen LogP contribution >= 0.6 is 0 Å². The smallest absolute Gasteiger partial charge is 0.257 e. The summed E-state index contributed by atoms with van der Waals surface area (Å²) in [6.07, 6.45) is 7.19. The Kier molecular flexibility index (Phi) is 6.07. The minimum Gasteiger partial charge on any atom is -0.497 e. The maximum atomic E-state index is 13.9. The Morgan fingerprint density at radius 2 is 1.82 bits per heavy atom. The maximum absolute atomic E-state index is 13.9. The zero-order valence-electron chi connectivity index (χ0n) is 18.8. The van der Waals surface area contributed by atoms with Crippen LogP contribution in [0.4, 0.5) is 0 Å². The molecule has 2 saturated heterocycles. The number of hydrogen-bond donors (Lipinski definition) is 0. The molecule has 1 amide bonds. The summed E-state index contributed by atoms with van der Waals surface area (Å²) >= 11 is 0. The number of ether oxygens (including phenoxy) is 2. The Balaban J connectivity index is 1.42. The average molecular weight is 445 g/mol. The van der Waals surface area contributed by atoms with E-state index >= 15 is 0 Å². The lowest BCUT2D eigenvalue weighted by Gasteiger charge is -2.42. The molecule has 0 aliphatic carbocycles. The molecule has 2 atom stereocenters. The van der Waals surface area contributed by atoms with E-state index in [-0.39, 0.29) is 11.8 Å². The first-order chi connectivity index (χ1) is 16.2. The third-order valence-corrected chi connectivity index (χ3v) is 6.58. The molecule has 0 bridgehead atoms. The average Bonchev–Trinajstić information content (AvgIpc) is 3.22. The Bertz CT molecular complexity index is 1080. The van der Waals surface area contributed by atoms with Gasteiger partial charge in [0.15, 0.2) is 5.60 Å². The van der Waals surface area contributed by atoms with E-state index in [0.717, 1.165) is 30.0 Å². The predicted octanol–water partition coefficient (Wildman–Crippen LogP) is 2.88. The molecule has 33 heavy (non-hydrogen) atoms. The monoisotopic (exact) mass is 444 g/mol. The van der Waals surface area contributed by atoms with Crippen molar-refractivity contribution in [3.63, 3.8) is 0 Å². The normalized spacial score (nSPS) is 23.2. The molecule has 2 fully saturated rings. The van der Waals surface area contributed by atoms with E-state index in [1.54, 1.807) is 19.5 Å². The van der Waals surface area contributed by atoms with Gasteiger partial charge >= 0.3 is 0 Å². The van der Waals surface area contributed by atoms with E-state index in [4.69, 9.17) is 9.47 Å². The summed E-state index contributed by atoms with van der Waals surface area (Å²) < 4.78 is 11.7. The second-order valence-corrected chi connectivity index (χ2v) is 8.68. The fourth-order valence-corrected chi connectivity index (χ4v) is 4.97. The quantitative estimate of drug-likeness (QED) is 0.583. The number of nitrogens with zero attached hydrogens (tertiary/aromatic N) is 4. The first kappa shape index (κ1) is 21.6. The van der Waals surface area contributed by atoms with Crippen LogP contribution < -0.4 is 4.74 Å². The van der Waals surface area contributed by atoms with Crippen LogP contribution in [0.1, 0.15) is 22.6 Å². The molecule has 7 nitrogen and oxygen atoms in total. The van der Waals surface area contributed by atoms with Gasteiger partial charge in [0, 0.05) is 63.4 Å². The highest BCUT2D eigenvalue weighted by molar-refractivity contribution is 5.88. The van der Waals surface area contributed by atoms with Crippen LogP contribution in [0, 0.1) is 0 Å². The molecule has 2 aliphatic rings. The zero-order chi connectivity index (χ0) is 22.7. The summed E-state index contributed by atoms with van der Waals surface area (Å²) in [5, 5.41) is 0. The third kappa shape index (κ3) is 4.34. The molecule has 1 spiro atoms. The summed E-state index contributed by atoms with van der Waals surface area (Å²) in [6.45, 7) is 3.63. The fraction of sp³-hybridized carbons (Fsp3) is 0.346. The topological polar surface area (TPSA) is 67.8 Å². The predicted molar refractivity (Wildman–Crippen MR) is 124 cm³/mol. The molecule has 0 radical (unpaired) electrons. The lowest BCUT2D eigenvalue weighted by molar-refractivity contribution is -0.173. The number of carbonyl (C=O) groups is 1. The molecular weight excluding hydrogens is 416 g/mol. The Morgan fingerprint density at radius 1 is 1.03 bits per heavy atom. The number of carbonyl (C=O) groups excluding carboxylic acids is 1. The fourth-order valence-electron chi connectivity index (χ4n) is 4.97. The van der Waals surface area contributed by atoms with E-state index in [0.29, 0.717) is 26.2 Å². The van der Waals surface area contributed by atoms with E-state index in [2.05, 4.69) is 27.0 Å². The second-order valence-electron chi connectivity index (χ2n) is 8.68. The van der Waals surface area contributed by atoms with Crippen molar-refractivity contribution in [2.45, 2.75) is 24.6 Å². The molecule has 0 unspecified atom stereocenters. The molecule has 3 aromatic rings. The van der Waals surface area contributed by atoms with Crippen molar-refractivity contribution >= 4 is 5.91 Å². The van der Waals surface area contributed by atoms with Crippen LogP contribution in [-0.2, 0) is 22.6 Å². The van der Waals surface area contributed by atoms with Crippen molar-refractivity contribution in [1.29, 1.82) is 0 Å². The molecule has 170 valence electrons. The first-order valence-corrected chi connectivity index (χ1v) is 11.3. The standard InChI is InChI=1S/C26H28N4O3/c1-32-23-8-6-20(7-9-23)16-29-18-24(22-5-3-11-28-15-22)26(19-29)25(31)30(12-13-33-26)17-21-4-2-10-27-14-21/h2-11,14-15,24H,12-13,16-19H2,1H3/t24-,26-/m0/s1. The van der Waals surface area contributed by atoms with Crippen LogP contribution in [-0.4, -0.2) is 64.6 Å². The maximum Gasteiger partial charge on any atom is 0.257 e.